The fourth-order valence-corrected chi connectivity index (χ4v) is 1.63. The molecule has 0 radical (unpaired) electrons. The summed E-state index contributed by atoms with van der Waals surface area (Å²) >= 11 is 0. The molecule has 0 saturated heterocycles. The molecule has 0 heterocycles. The molecule has 1 rings (SSSR count). The number of rotatable bonds is 6. The molecule has 0 aliphatic heterocycles. The van der Waals surface area contributed by atoms with Crippen LogP contribution < -0.4 is 11.1 Å². The normalized spacial score (nSPS) is 12.4. The maximum Gasteiger partial charge on any atom is 0.231 e. The first kappa shape index (κ1) is 12.7. The van der Waals surface area contributed by atoms with E-state index in [4.69, 9.17) is 5.73 Å². The van der Waals surface area contributed by atoms with Gasteiger partial charge in [0.05, 0.1) is 6.54 Å². The molecule has 0 bridgehead atoms. The van der Waals surface area contributed by atoms with Crippen LogP contribution in [0.25, 0.3) is 0 Å². The smallest absolute Gasteiger partial charge is 0.231 e. The van der Waals surface area contributed by atoms with Gasteiger partial charge < -0.3 is 11.1 Å². The lowest BCUT2D eigenvalue weighted by Crippen LogP contribution is -2.30. The van der Waals surface area contributed by atoms with Crippen LogP contribution in [0.15, 0.2) is 24.3 Å². The Balaban J connectivity index is 2.55. The Morgan fingerprint density at radius 2 is 2.00 bits per heavy atom. The summed E-state index contributed by atoms with van der Waals surface area (Å²) in [5.74, 6) is -0.325. The average Bonchev–Trinajstić information content (AvgIpc) is 2.27. The second-order valence-corrected chi connectivity index (χ2v) is 4.06. The molecular weight excluding hydrogens is 200 g/mol. The van der Waals surface area contributed by atoms with Crippen LogP contribution in [0, 0.1) is 0 Å². The van der Waals surface area contributed by atoms with Gasteiger partial charge >= 0.3 is 0 Å². The summed E-state index contributed by atoms with van der Waals surface area (Å²) in [6.45, 7) is 4.42. The quantitative estimate of drug-likeness (QED) is 0.767. The number of primary amides is 1. The molecule has 1 amide bonds. The van der Waals surface area contributed by atoms with Crippen molar-refractivity contribution in [3.05, 3.63) is 35.4 Å². The van der Waals surface area contributed by atoms with E-state index < -0.39 is 0 Å². The van der Waals surface area contributed by atoms with Crippen LogP contribution in [-0.2, 0) is 11.2 Å². The van der Waals surface area contributed by atoms with Crippen molar-refractivity contribution in [1.29, 1.82) is 0 Å². The van der Waals surface area contributed by atoms with Crippen LogP contribution >= 0.6 is 0 Å². The number of nitrogens with two attached hydrogens (primary N) is 1. The van der Waals surface area contributed by atoms with Crippen molar-refractivity contribution in [2.45, 2.75) is 32.7 Å². The molecule has 0 unspecified atom stereocenters. The Hall–Kier alpha value is -1.35. The molecule has 1 atom stereocenters. The second kappa shape index (κ2) is 6.28. The Labute approximate surface area is 97.0 Å². The summed E-state index contributed by atoms with van der Waals surface area (Å²) in [4.78, 5) is 10.6. The number of aryl methyl sites for hydroxylation is 1. The van der Waals surface area contributed by atoms with Crippen molar-refractivity contribution >= 4 is 5.91 Å². The van der Waals surface area contributed by atoms with E-state index in [-0.39, 0.29) is 18.5 Å². The molecule has 3 heteroatoms. The van der Waals surface area contributed by atoms with E-state index in [2.05, 4.69) is 36.5 Å². The first-order chi connectivity index (χ1) is 7.63. The molecule has 0 saturated carbocycles. The minimum absolute atomic E-state index is 0.156. The molecule has 0 aliphatic rings. The zero-order chi connectivity index (χ0) is 12.0. The van der Waals surface area contributed by atoms with Gasteiger partial charge in [-0.15, -0.1) is 0 Å². The number of benzene rings is 1. The van der Waals surface area contributed by atoms with E-state index in [1.807, 2.05) is 6.92 Å². The number of hydrogen-bond acceptors (Lipinski definition) is 2. The number of hydrogen-bond donors (Lipinski definition) is 2. The van der Waals surface area contributed by atoms with Crippen LogP contribution in [0.4, 0.5) is 0 Å². The molecule has 88 valence electrons. The Morgan fingerprint density at radius 3 is 2.50 bits per heavy atom. The largest absolute Gasteiger partial charge is 0.369 e. The van der Waals surface area contributed by atoms with Gasteiger partial charge in [-0.05, 0) is 24.5 Å². The summed E-state index contributed by atoms with van der Waals surface area (Å²) in [7, 11) is 0. The lowest BCUT2D eigenvalue weighted by molar-refractivity contribution is -0.117. The van der Waals surface area contributed by atoms with Gasteiger partial charge in [0.25, 0.3) is 0 Å². The van der Waals surface area contributed by atoms with Crippen molar-refractivity contribution < 1.29 is 4.79 Å². The third kappa shape index (κ3) is 4.03. The van der Waals surface area contributed by atoms with Crippen LogP contribution in [-0.4, -0.2) is 12.5 Å². The highest BCUT2D eigenvalue weighted by Gasteiger charge is 2.05. The van der Waals surface area contributed by atoms with Crippen molar-refractivity contribution in [2.24, 2.45) is 5.73 Å². The zero-order valence-electron chi connectivity index (χ0n) is 9.99. The molecule has 0 aliphatic carbocycles. The molecule has 1 aromatic carbocycles. The molecule has 3 N–H and O–H groups in total. The van der Waals surface area contributed by atoms with Crippen LogP contribution in [0.1, 0.15) is 37.4 Å². The molecular formula is C13H20N2O. The number of nitrogens with one attached hydrogen (secondary N) is 1. The highest BCUT2D eigenvalue weighted by atomic mass is 16.1. The van der Waals surface area contributed by atoms with Gasteiger partial charge in [-0.3, -0.25) is 4.79 Å². The predicted molar refractivity (Wildman–Crippen MR) is 66.0 cm³/mol. The SMILES string of the molecule is CCCc1ccc([C@H](C)NCC(N)=O)cc1. The van der Waals surface area contributed by atoms with Crippen LogP contribution in [0.2, 0.25) is 0 Å². The fraction of sp³-hybridized carbons (Fsp3) is 0.462. The van der Waals surface area contributed by atoms with Crippen molar-refractivity contribution in [2.75, 3.05) is 6.54 Å². The minimum Gasteiger partial charge on any atom is -0.369 e. The molecule has 0 aromatic heterocycles. The van der Waals surface area contributed by atoms with E-state index in [1.165, 1.54) is 11.1 Å². The first-order valence-electron chi connectivity index (χ1n) is 5.74. The van der Waals surface area contributed by atoms with Crippen molar-refractivity contribution in [3.8, 4) is 0 Å². The van der Waals surface area contributed by atoms with Gasteiger partial charge in [0.1, 0.15) is 0 Å². The molecule has 3 nitrogen and oxygen atoms in total. The van der Waals surface area contributed by atoms with Crippen LogP contribution in [0.5, 0.6) is 0 Å². The lowest BCUT2D eigenvalue weighted by Gasteiger charge is -2.13. The molecule has 16 heavy (non-hydrogen) atoms. The maximum absolute atomic E-state index is 10.6. The monoisotopic (exact) mass is 220 g/mol. The number of carbonyl (C=O) groups is 1. The summed E-state index contributed by atoms with van der Waals surface area (Å²) in [6.07, 6.45) is 2.28. The zero-order valence-corrected chi connectivity index (χ0v) is 9.99. The summed E-state index contributed by atoms with van der Waals surface area (Å²) in [5, 5.41) is 3.08. The van der Waals surface area contributed by atoms with Gasteiger partial charge in [-0.25, -0.2) is 0 Å². The van der Waals surface area contributed by atoms with E-state index >= 15 is 0 Å². The van der Waals surface area contributed by atoms with Gasteiger partial charge in [-0.2, -0.15) is 0 Å². The second-order valence-electron chi connectivity index (χ2n) is 4.06. The summed E-state index contributed by atoms with van der Waals surface area (Å²) in [6, 6.07) is 8.64. The highest BCUT2D eigenvalue weighted by Crippen LogP contribution is 2.13. The van der Waals surface area contributed by atoms with Crippen molar-refractivity contribution in [1.82, 2.24) is 5.32 Å². The van der Waals surface area contributed by atoms with Crippen molar-refractivity contribution in [3.63, 3.8) is 0 Å². The first-order valence-corrected chi connectivity index (χ1v) is 5.74. The maximum atomic E-state index is 10.6. The third-order valence-electron chi connectivity index (χ3n) is 2.60. The Morgan fingerprint density at radius 1 is 1.38 bits per heavy atom. The third-order valence-corrected chi connectivity index (χ3v) is 2.60. The topological polar surface area (TPSA) is 55.1 Å². The fourth-order valence-electron chi connectivity index (χ4n) is 1.63. The van der Waals surface area contributed by atoms with Gasteiger partial charge in [-0.1, -0.05) is 37.6 Å². The van der Waals surface area contributed by atoms with Gasteiger partial charge in [0, 0.05) is 6.04 Å². The van der Waals surface area contributed by atoms with Gasteiger partial charge in [0.2, 0.25) is 5.91 Å². The Kier molecular flexibility index (Phi) is 4.99. The molecule has 1 aromatic rings. The average molecular weight is 220 g/mol. The van der Waals surface area contributed by atoms with E-state index in [0.29, 0.717) is 0 Å². The van der Waals surface area contributed by atoms with E-state index in [1.54, 1.807) is 0 Å². The summed E-state index contributed by atoms with van der Waals surface area (Å²) < 4.78 is 0. The number of amides is 1. The molecule has 0 fully saturated rings. The van der Waals surface area contributed by atoms with Gasteiger partial charge in [0.15, 0.2) is 0 Å². The summed E-state index contributed by atoms with van der Waals surface area (Å²) in [5.41, 5.74) is 7.62. The Bertz CT molecular complexity index is 332. The van der Waals surface area contributed by atoms with Crippen LogP contribution in [0.3, 0.4) is 0 Å². The molecule has 0 spiro atoms. The number of carbonyl (C=O) groups excluding carboxylic acids is 1. The van der Waals surface area contributed by atoms with E-state index in [0.717, 1.165) is 12.8 Å². The minimum atomic E-state index is -0.325. The standard InChI is InChI=1S/C13H20N2O/c1-3-4-11-5-7-12(8-6-11)10(2)15-9-13(14)16/h5-8,10,15H,3-4,9H2,1-2H3,(H2,14,16)/t10-/m0/s1. The highest BCUT2D eigenvalue weighted by molar-refractivity contribution is 5.75. The van der Waals surface area contributed by atoms with E-state index in [9.17, 15) is 4.79 Å². The predicted octanol–water partition coefficient (Wildman–Crippen LogP) is 1.77. The lowest BCUT2D eigenvalue weighted by atomic mass is 10.0.